The Morgan fingerprint density at radius 3 is 1.26 bits per heavy atom. The summed E-state index contributed by atoms with van der Waals surface area (Å²) in [5.41, 5.74) is 9.54. The Hall–Kier alpha value is -1.57. The number of carbonyl (C=O) groups excluding carboxylic acids is 1. The number of hydrogen-bond donors (Lipinski definition) is 0. The molecule has 0 bridgehead atoms. The Bertz CT molecular complexity index is 2710. The van der Waals surface area contributed by atoms with E-state index in [4.69, 9.17) is 123 Å². The molecule has 0 aromatic heterocycles. The van der Waals surface area contributed by atoms with Crippen LogP contribution in [0.4, 0.5) is 0 Å². The van der Waals surface area contributed by atoms with Gasteiger partial charge >= 0.3 is 5.97 Å². The van der Waals surface area contributed by atoms with Crippen LogP contribution in [0.25, 0.3) is 10.4 Å². The van der Waals surface area contributed by atoms with Crippen molar-refractivity contribution in [2.45, 2.75) is 330 Å². The molecule has 0 spiro atoms. The van der Waals surface area contributed by atoms with E-state index in [1.165, 1.54) is 0 Å². The summed E-state index contributed by atoms with van der Waals surface area (Å²) in [4.78, 5) is 17.3. The number of azide groups is 1. The number of fused-ring (bicyclic) bond motifs is 3. The maximum absolute atomic E-state index is 14.4. The fraction of sp³-hybridized carbons (Fsp3) is 0.905. The largest absolute Gasteiger partial charge is 0.450 e. The van der Waals surface area contributed by atoms with Crippen LogP contribution in [0.1, 0.15) is 168 Å². The third-order valence-corrected chi connectivity index (χ3v) is 21.3. The normalized spacial score (nSPS) is 37.0. The van der Waals surface area contributed by atoms with Crippen molar-refractivity contribution >= 4 is 42.7 Å². The van der Waals surface area contributed by atoms with E-state index in [0.717, 1.165) is 77.0 Å². The first-order valence-corrected chi connectivity index (χ1v) is 42.4. The molecule has 8 heterocycles. The summed E-state index contributed by atoms with van der Waals surface area (Å²) in [7, 11) is 11.3. The second-order valence-electron chi connectivity index (χ2n) is 28.2. The quantitative estimate of drug-likeness (QED) is 0.0146. The van der Waals surface area contributed by atoms with Gasteiger partial charge in [-0.15, -0.1) is 0 Å². The van der Waals surface area contributed by atoms with Crippen molar-refractivity contribution in [2.75, 3.05) is 99.0 Å². The molecule has 16 unspecified atom stereocenters. The monoisotopic (exact) mass is 1610 g/mol. The standard InChI is InChI=1S/C74H126N4O26P4/c1-9-17-31-80-40-46-53(58(82-33-19-11-3)62(85-36-22-14-6)68(93-46)88-39-30-76-78-75)98-69-63(86-37-23-15-7)59(83-34-20-12-4)54(47(94-69)41-81-32-18-10-2)99-70-64(87-38-24-16-8)61(56-50(95-70)44-91-74(107)104-56)101-67-51(77-108)57(52-48(92-67)42-89-72(105)102-52)100-71-65(97-66(79)45-28-26-25-27-29-45)60(84-35-21-13-5)55-49(96-71)43-90-73(106)103-55/h25-29,46-65,67-74,108H,9-24,30-44,105-107H2,1-8H3/t46?,47?,48?,49?,50?,51-,52-,53+,54-,55-,56-,57?,58?,59?,60?,61-,62-,63-,64?,65-,67-,68+,69-,70+,71-,72?,73?,74?/m0/s1. The minimum absolute atomic E-state index is 0.0313. The van der Waals surface area contributed by atoms with Gasteiger partial charge in [0.2, 0.25) is 0 Å². The molecule has 1 aromatic rings. The van der Waals surface area contributed by atoms with E-state index < -0.39 is 178 Å². The smallest absolute Gasteiger partial charge is 0.338 e. The van der Waals surface area contributed by atoms with E-state index in [2.05, 4.69) is 102 Å². The highest BCUT2D eigenvalue weighted by Crippen LogP contribution is 2.44. The molecule has 8 saturated heterocycles. The molecule has 0 amide bonds. The maximum atomic E-state index is 14.4. The molecular formula is C74H126N4O26P4. The van der Waals surface area contributed by atoms with Crippen molar-refractivity contribution in [3.8, 4) is 0 Å². The molecule has 0 aliphatic carbocycles. The minimum Gasteiger partial charge on any atom is -0.450 e. The summed E-state index contributed by atoms with van der Waals surface area (Å²) >= 11 is 0. The first-order valence-electron chi connectivity index (χ1n) is 39.9. The van der Waals surface area contributed by atoms with Gasteiger partial charge in [-0.3, -0.25) is 4.74 Å². The molecule has 31 atom stereocenters. The van der Waals surface area contributed by atoms with Crippen LogP contribution in [0.5, 0.6) is 0 Å². The third kappa shape index (κ3) is 26.0. The topological polar surface area (TPSA) is 309 Å². The Labute approximate surface area is 648 Å². The molecule has 9 rings (SSSR count). The Balaban J connectivity index is 1.10. The summed E-state index contributed by atoms with van der Waals surface area (Å²) in [5.74, 6) is -0.628. The molecular weight excluding hydrogens is 1480 g/mol. The van der Waals surface area contributed by atoms with Crippen LogP contribution in [-0.2, 0) is 118 Å². The number of esters is 1. The zero-order chi connectivity index (χ0) is 76.6. The van der Waals surface area contributed by atoms with E-state index in [0.29, 0.717) is 77.5 Å². The number of benzene rings is 1. The zero-order valence-electron chi connectivity index (χ0n) is 64.6. The van der Waals surface area contributed by atoms with Gasteiger partial charge in [-0.1, -0.05) is 158 Å². The van der Waals surface area contributed by atoms with Crippen LogP contribution < -0.4 is 0 Å². The lowest BCUT2D eigenvalue weighted by Gasteiger charge is -2.54. The second kappa shape index (κ2) is 49.5. The van der Waals surface area contributed by atoms with Crippen molar-refractivity contribution in [1.82, 2.24) is 0 Å². The summed E-state index contributed by atoms with van der Waals surface area (Å²) in [5, 5.41) is 3.75. The molecule has 108 heavy (non-hydrogen) atoms. The van der Waals surface area contributed by atoms with Gasteiger partial charge < -0.3 is 118 Å². The summed E-state index contributed by atoms with van der Waals surface area (Å²) in [6, 6.07) is 5.35. The highest BCUT2D eigenvalue weighted by molar-refractivity contribution is 7.17. The molecule has 8 aliphatic heterocycles. The third-order valence-electron chi connectivity index (χ3n) is 19.9. The predicted molar refractivity (Wildman–Crippen MR) is 405 cm³/mol. The average molecular weight is 1610 g/mol. The van der Waals surface area contributed by atoms with Gasteiger partial charge in [-0.2, -0.15) is 0 Å². The highest BCUT2D eigenvalue weighted by atomic mass is 31.0. The molecule has 1 aromatic carbocycles. The highest BCUT2D eigenvalue weighted by Gasteiger charge is 2.62. The predicted octanol–water partition coefficient (Wildman–Crippen LogP) is 10.9. The van der Waals surface area contributed by atoms with Crippen LogP contribution in [-0.4, -0.2) is 277 Å². The molecule has 8 aliphatic rings. The fourth-order valence-corrected chi connectivity index (χ4v) is 15.2. The SMILES string of the molecule is CCCCOCC1O[C@@H](OCCN=[N+]=[N-])[C@@H](OCCCC)C(OCCCC)[C@@H]1O[C@@H]1OC(COCCCC)[C@H](O[C@H]2OC3COC(P)O[C@@H]3[C@H](O[C@@H]3OC4COC(P)O[C@@H]4C(O[C@@H]4OC5COC(P)O[C@@H]5C(OCCCC)[C@@H]4OC(=O)c4ccccc4)[C@@H]3N=P)C2OCCCC)C(OCCCC)[C@@H]1OCCCC. The van der Waals surface area contributed by atoms with E-state index in [-0.39, 0.29) is 52.8 Å². The fourth-order valence-electron chi connectivity index (χ4n) is 14.0. The number of rotatable bonds is 49. The van der Waals surface area contributed by atoms with E-state index >= 15 is 0 Å². The van der Waals surface area contributed by atoms with Gasteiger partial charge in [0.05, 0.1) is 45.2 Å². The van der Waals surface area contributed by atoms with Crippen LogP contribution in [0.2, 0.25) is 0 Å². The van der Waals surface area contributed by atoms with E-state index in [9.17, 15) is 10.3 Å². The summed E-state index contributed by atoms with van der Waals surface area (Å²) in [6.45, 7) is 20.1. The molecule has 0 radical (unpaired) electrons. The molecule has 30 nitrogen and oxygen atoms in total. The Morgan fingerprint density at radius 1 is 0.426 bits per heavy atom. The van der Waals surface area contributed by atoms with Crippen molar-refractivity contribution in [3.63, 3.8) is 0 Å². The summed E-state index contributed by atoms with van der Waals surface area (Å²) in [6.07, 6.45) is -10.7. The lowest BCUT2D eigenvalue weighted by Crippen LogP contribution is -2.70. The molecule has 8 fully saturated rings. The zero-order valence-corrected chi connectivity index (χ0v) is 69.1. The number of nitrogens with zero attached hydrogens (tertiary/aromatic N) is 4. The van der Waals surface area contributed by atoms with Crippen molar-refractivity contribution < 1.29 is 123 Å². The molecule has 0 N–H and O–H groups in total. The molecule has 618 valence electrons. The number of hydrogen-bond acceptors (Lipinski definition) is 28. The molecule has 34 heteroatoms. The number of carbonyl (C=O) groups is 1. The van der Waals surface area contributed by atoms with Crippen molar-refractivity contribution in [3.05, 3.63) is 46.3 Å². The van der Waals surface area contributed by atoms with Gasteiger partial charge in [0, 0.05) is 64.3 Å². The number of ether oxygens (including phenoxy) is 25. The van der Waals surface area contributed by atoms with E-state index in [1.54, 1.807) is 24.3 Å². The Kier molecular flexibility index (Phi) is 41.4. The van der Waals surface area contributed by atoms with E-state index in [1.807, 2.05) is 6.07 Å². The lowest BCUT2D eigenvalue weighted by molar-refractivity contribution is -0.413. The second-order valence-corrected chi connectivity index (χ2v) is 30.1. The van der Waals surface area contributed by atoms with Crippen LogP contribution in [0.15, 0.2) is 40.2 Å². The average Bonchev–Trinajstić information content (AvgIpc) is 0.754. The van der Waals surface area contributed by atoms with Crippen LogP contribution in [0.3, 0.4) is 0 Å². The van der Waals surface area contributed by atoms with Gasteiger partial charge in [-0.05, 0) is 78.1 Å². The Morgan fingerprint density at radius 2 is 0.796 bits per heavy atom. The maximum Gasteiger partial charge on any atom is 0.338 e. The van der Waals surface area contributed by atoms with Crippen molar-refractivity contribution in [1.29, 1.82) is 0 Å². The van der Waals surface area contributed by atoms with Gasteiger partial charge in [-0.25, -0.2) is 4.79 Å². The van der Waals surface area contributed by atoms with Gasteiger partial charge in [0.25, 0.3) is 0 Å². The molecule has 0 saturated carbocycles. The van der Waals surface area contributed by atoms with Crippen LogP contribution in [0, 0.1) is 0 Å². The first-order chi connectivity index (χ1) is 52.8. The minimum atomic E-state index is -1.33. The van der Waals surface area contributed by atoms with Gasteiger partial charge in [0.1, 0.15) is 116 Å². The first kappa shape index (κ1) is 90.3. The number of unbranched alkanes of at least 4 members (excludes halogenated alkanes) is 8. The van der Waals surface area contributed by atoms with Crippen molar-refractivity contribution in [2.24, 2.45) is 9.86 Å². The summed E-state index contributed by atoms with van der Waals surface area (Å²) < 4.78 is 176. The van der Waals surface area contributed by atoms with Crippen LogP contribution >= 0.6 is 36.8 Å². The lowest BCUT2D eigenvalue weighted by atomic mass is 9.93. The van der Waals surface area contributed by atoms with Gasteiger partial charge in [0.15, 0.2) is 55.6 Å².